The number of aromatic nitrogens is 2. The van der Waals surface area contributed by atoms with Gasteiger partial charge in [-0.05, 0) is 31.0 Å². The lowest BCUT2D eigenvalue weighted by Gasteiger charge is -2.27. The second kappa shape index (κ2) is 5.91. The molecule has 0 aliphatic carbocycles. The molecule has 2 aromatic rings. The third-order valence-corrected chi connectivity index (χ3v) is 4.27. The van der Waals surface area contributed by atoms with E-state index in [9.17, 15) is 4.79 Å². The molecule has 1 aromatic carbocycles. The number of hydrogen-bond acceptors (Lipinski definition) is 3. The number of unbranched alkanes of at least 4 members (excludes halogenated alkanes) is 2. The van der Waals surface area contributed by atoms with Crippen LogP contribution in [0.1, 0.15) is 50.9 Å². The van der Waals surface area contributed by atoms with Gasteiger partial charge in [0.05, 0.1) is 11.0 Å². The molecule has 2 heterocycles. The van der Waals surface area contributed by atoms with Gasteiger partial charge in [0.2, 0.25) is 5.91 Å². The van der Waals surface area contributed by atoms with Gasteiger partial charge in [0.1, 0.15) is 5.82 Å². The van der Waals surface area contributed by atoms with Crippen molar-refractivity contribution in [3.8, 4) is 0 Å². The summed E-state index contributed by atoms with van der Waals surface area (Å²) in [5.41, 5.74) is 5.23. The highest BCUT2D eigenvalue weighted by Gasteiger charge is 2.31. The average Bonchev–Trinajstić information content (AvgIpc) is 2.89. The van der Waals surface area contributed by atoms with Crippen LogP contribution in [-0.4, -0.2) is 22.1 Å². The fraction of sp³-hybridized carbons (Fsp3) is 0.471. The monoisotopic (exact) mass is 298 g/mol. The molecule has 1 amide bonds. The van der Waals surface area contributed by atoms with Crippen LogP contribution in [0.4, 0.5) is 0 Å². The first-order valence-corrected chi connectivity index (χ1v) is 7.93. The van der Waals surface area contributed by atoms with Crippen molar-refractivity contribution in [2.75, 3.05) is 0 Å². The van der Waals surface area contributed by atoms with E-state index in [-0.39, 0.29) is 11.3 Å². The van der Waals surface area contributed by atoms with Crippen LogP contribution in [0.3, 0.4) is 0 Å². The number of amides is 1. The Balaban J connectivity index is 1.88. The van der Waals surface area contributed by atoms with Gasteiger partial charge >= 0.3 is 0 Å². The van der Waals surface area contributed by atoms with E-state index in [4.69, 9.17) is 0 Å². The summed E-state index contributed by atoms with van der Waals surface area (Å²) in [6.07, 6.45) is 6.82. The minimum atomic E-state index is -0.357. The van der Waals surface area contributed by atoms with Crippen molar-refractivity contribution < 1.29 is 4.79 Å². The normalized spacial score (nSPS) is 21.3. The quantitative estimate of drug-likeness (QED) is 0.833. The van der Waals surface area contributed by atoms with Crippen LogP contribution in [0.15, 0.2) is 23.3 Å². The molecular weight excluding hydrogens is 276 g/mol. The number of hydrazone groups is 1. The summed E-state index contributed by atoms with van der Waals surface area (Å²) in [4.78, 5) is 19.7. The lowest BCUT2D eigenvalue weighted by molar-refractivity contribution is -0.122. The SMILES string of the molecule is CCCCCc1nc2ccc(C3(C)C=NNC(=O)C3)cc2[nH]1. The molecule has 5 nitrogen and oxygen atoms in total. The van der Waals surface area contributed by atoms with Crippen molar-refractivity contribution in [1.29, 1.82) is 0 Å². The predicted molar refractivity (Wildman–Crippen MR) is 87.9 cm³/mol. The molecule has 1 aliphatic heterocycles. The zero-order valence-corrected chi connectivity index (χ0v) is 13.1. The fourth-order valence-electron chi connectivity index (χ4n) is 2.92. The first-order valence-electron chi connectivity index (χ1n) is 7.93. The van der Waals surface area contributed by atoms with Crippen LogP contribution in [0.25, 0.3) is 11.0 Å². The molecule has 0 radical (unpaired) electrons. The lowest BCUT2D eigenvalue weighted by atomic mass is 9.79. The van der Waals surface area contributed by atoms with Crippen molar-refractivity contribution in [2.24, 2.45) is 5.10 Å². The molecule has 0 fully saturated rings. The number of benzene rings is 1. The van der Waals surface area contributed by atoms with Crippen LogP contribution in [0.5, 0.6) is 0 Å². The highest BCUT2D eigenvalue weighted by atomic mass is 16.2. The summed E-state index contributed by atoms with van der Waals surface area (Å²) >= 11 is 0. The van der Waals surface area contributed by atoms with Gasteiger partial charge in [0.25, 0.3) is 0 Å². The van der Waals surface area contributed by atoms with E-state index in [1.807, 2.05) is 25.3 Å². The van der Waals surface area contributed by atoms with Crippen LogP contribution in [0.2, 0.25) is 0 Å². The second-order valence-corrected chi connectivity index (χ2v) is 6.26. The molecule has 2 N–H and O–H groups in total. The highest BCUT2D eigenvalue weighted by molar-refractivity contribution is 5.90. The van der Waals surface area contributed by atoms with Crippen molar-refractivity contribution in [1.82, 2.24) is 15.4 Å². The number of aromatic amines is 1. The number of nitrogens with zero attached hydrogens (tertiary/aromatic N) is 2. The molecule has 0 saturated carbocycles. The van der Waals surface area contributed by atoms with Crippen molar-refractivity contribution >= 4 is 23.2 Å². The third kappa shape index (κ3) is 2.89. The molecule has 1 atom stereocenters. The number of carbonyl (C=O) groups excluding carboxylic acids is 1. The maximum Gasteiger partial charge on any atom is 0.241 e. The van der Waals surface area contributed by atoms with Crippen LogP contribution < -0.4 is 5.43 Å². The van der Waals surface area contributed by atoms with Crippen molar-refractivity contribution in [2.45, 2.75) is 51.4 Å². The Kier molecular flexibility index (Phi) is 3.96. The number of fused-ring (bicyclic) bond motifs is 1. The average molecular weight is 298 g/mol. The Morgan fingerprint density at radius 2 is 2.18 bits per heavy atom. The number of hydrogen-bond donors (Lipinski definition) is 2. The number of carbonyl (C=O) groups is 1. The molecule has 1 aliphatic rings. The Morgan fingerprint density at radius 3 is 2.95 bits per heavy atom. The molecule has 0 bridgehead atoms. The molecule has 1 unspecified atom stereocenters. The van der Waals surface area contributed by atoms with E-state index < -0.39 is 0 Å². The maximum absolute atomic E-state index is 11.6. The first-order chi connectivity index (χ1) is 10.6. The minimum absolute atomic E-state index is 0.0463. The fourth-order valence-corrected chi connectivity index (χ4v) is 2.92. The van der Waals surface area contributed by atoms with Gasteiger partial charge in [-0.2, -0.15) is 5.10 Å². The van der Waals surface area contributed by atoms with Gasteiger partial charge < -0.3 is 4.98 Å². The number of imidazole rings is 1. The van der Waals surface area contributed by atoms with Gasteiger partial charge in [0, 0.05) is 24.5 Å². The summed E-state index contributed by atoms with van der Waals surface area (Å²) in [5.74, 6) is 0.996. The topological polar surface area (TPSA) is 70.1 Å². The number of aryl methyl sites for hydroxylation is 1. The van der Waals surface area contributed by atoms with Crippen molar-refractivity contribution in [3.05, 3.63) is 29.6 Å². The zero-order valence-electron chi connectivity index (χ0n) is 13.1. The molecule has 116 valence electrons. The predicted octanol–water partition coefficient (Wildman–Crippen LogP) is 3.06. The third-order valence-electron chi connectivity index (χ3n) is 4.27. The largest absolute Gasteiger partial charge is 0.342 e. The molecular formula is C17H22N4O. The Morgan fingerprint density at radius 1 is 1.32 bits per heavy atom. The summed E-state index contributed by atoms with van der Waals surface area (Å²) in [6.45, 7) is 4.24. The summed E-state index contributed by atoms with van der Waals surface area (Å²) in [5, 5.41) is 3.97. The second-order valence-electron chi connectivity index (χ2n) is 6.26. The number of rotatable bonds is 5. The van der Waals surface area contributed by atoms with E-state index >= 15 is 0 Å². The minimum Gasteiger partial charge on any atom is -0.342 e. The van der Waals surface area contributed by atoms with Crippen LogP contribution >= 0.6 is 0 Å². The zero-order chi connectivity index (χ0) is 15.6. The summed E-state index contributed by atoms with van der Waals surface area (Å²) < 4.78 is 0. The van der Waals surface area contributed by atoms with Crippen molar-refractivity contribution in [3.63, 3.8) is 0 Å². The lowest BCUT2D eigenvalue weighted by Crippen LogP contribution is -2.37. The summed E-state index contributed by atoms with van der Waals surface area (Å²) in [6, 6.07) is 6.16. The van der Waals surface area contributed by atoms with E-state index in [1.54, 1.807) is 0 Å². The van der Waals surface area contributed by atoms with Gasteiger partial charge in [-0.3, -0.25) is 4.79 Å². The van der Waals surface area contributed by atoms with E-state index in [0.717, 1.165) is 35.3 Å². The smallest absolute Gasteiger partial charge is 0.241 e. The molecule has 22 heavy (non-hydrogen) atoms. The van der Waals surface area contributed by atoms with E-state index in [0.29, 0.717) is 6.42 Å². The van der Waals surface area contributed by atoms with E-state index in [1.165, 1.54) is 12.8 Å². The van der Waals surface area contributed by atoms with Gasteiger partial charge in [-0.1, -0.05) is 25.8 Å². The molecule has 0 saturated heterocycles. The molecule has 0 spiro atoms. The Hall–Kier alpha value is -2.17. The van der Waals surface area contributed by atoms with Gasteiger partial charge in [-0.15, -0.1) is 0 Å². The highest BCUT2D eigenvalue weighted by Crippen LogP contribution is 2.29. The number of nitrogens with one attached hydrogen (secondary N) is 2. The van der Waals surface area contributed by atoms with Crippen LogP contribution in [0, 0.1) is 0 Å². The standard InChI is InChI=1S/C17H22N4O/c1-3-4-5-6-15-19-13-8-7-12(9-14(13)20-15)17(2)10-16(22)21-18-11-17/h7-9,11H,3-6,10H2,1-2H3,(H,19,20)(H,21,22). The molecule has 1 aromatic heterocycles. The summed E-state index contributed by atoms with van der Waals surface area (Å²) in [7, 11) is 0. The first kappa shape index (κ1) is 14.8. The Bertz CT molecular complexity index is 719. The molecule has 3 rings (SSSR count). The molecule has 5 heteroatoms. The van der Waals surface area contributed by atoms with Crippen LogP contribution in [-0.2, 0) is 16.6 Å². The number of H-pyrrole nitrogens is 1. The Labute approximate surface area is 130 Å². The maximum atomic E-state index is 11.6. The van der Waals surface area contributed by atoms with Gasteiger partial charge in [0.15, 0.2) is 0 Å². The van der Waals surface area contributed by atoms with Gasteiger partial charge in [-0.25, -0.2) is 10.4 Å². The van der Waals surface area contributed by atoms with E-state index in [2.05, 4.69) is 33.5 Å².